The molecule has 5 nitrogen and oxygen atoms in total. The van der Waals surface area contributed by atoms with Crippen molar-refractivity contribution in [2.45, 2.75) is 50.7 Å². The van der Waals surface area contributed by atoms with E-state index in [9.17, 15) is 18.4 Å². The number of carbonyl (C=O) groups excluding carboxylic acids is 2. The number of benzene rings is 3. The Morgan fingerprint density at radius 3 is 1.89 bits per heavy atom. The first-order chi connectivity index (χ1) is 17.0. The lowest BCUT2D eigenvalue weighted by Crippen LogP contribution is -2.57. The molecule has 8 heteroatoms. The van der Waals surface area contributed by atoms with Gasteiger partial charge in [-0.3, -0.25) is 9.59 Å². The summed E-state index contributed by atoms with van der Waals surface area (Å²) in [6.07, 6.45) is -2.88. The van der Waals surface area contributed by atoms with Crippen molar-refractivity contribution in [3.63, 3.8) is 0 Å². The average Bonchev–Trinajstić information content (AvgIpc) is 2.85. The van der Waals surface area contributed by atoms with E-state index >= 15 is 0 Å². The molecule has 0 aliphatic heterocycles. The Morgan fingerprint density at radius 2 is 1.36 bits per heavy atom. The van der Waals surface area contributed by atoms with Crippen LogP contribution in [0.2, 0.25) is 5.02 Å². The van der Waals surface area contributed by atoms with Crippen LogP contribution in [-0.2, 0) is 9.59 Å². The van der Waals surface area contributed by atoms with Gasteiger partial charge in [0.05, 0.1) is 5.54 Å². The van der Waals surface area contributed by atoms with Crippen LogP contribution in [0.15, 0.2) is 78.9 Å². The SMILES string of the molecule is C[C@@H](c1ccc(-c2ccccc2)cc1)[C@H](NC(=O)C(C)(C)N)C(=O)NC(c1ccc(Cl)cc1)C(F)F. The average molecular weight is 514 g/mol. The van der Waals surface area contributed by atoms with Gasteiger partial charge in [-0.2, -0.15) is 0 Å². The Bertz CT molecular complexity index is 1160. The van der Waals surface area contributed by atoms with Gasteiger partial charge in [0.25, 0.3) is 6.43 Å². The van der Waals surface area contributed by atoms with Gasteiger partial charge in [-0.25, -0.2) is 8.78 Å². The molecule has 0 heterocycles. The summed E-state index contributed by atoms with van der Waals surface area (Å²) in [4.78, 5) is 26.0. The first kappa shape index (κ1) is 27.3. The predicted octanol–water partition coefficient (Wildman–Crippen LogP) is 5.46. The van der Waals surface area contributed by atoms with Gasteiger partial charge >= 0.3 is 0 Å². The van der Waals surface area contributed by atoms with E-state index in [2.05, 4.69) is 10.6 Å². The molecule has 2 amide bonds. The summed E-state index contributed by atoms with van der Waals surface area (Å²) in [5, 5.41) is 5.46. The maximum absolute atomic E-state index is 13.9. The Morgan fingerprint density at radius 1 is 0.833 bits per heavy atom. The molecule has 0 spiro atoms. The van der Waals surface area contributed by atoms with Crippen molar-refractivity contribution in [1.82, 2.24) is 10.6 Å². The Kier molecular flexibility index (Phi) is 8.82. The maximum atomic E-state index is 13.9. The van der Waals surface area contributed by atoms with E-state index in [0.29, 0.717) is 5.02 Å². The van der Waals surface area contributed by atoms with Crippen LogP contribution in [0.5, 0.6) is 0 Å². The molecule has 0 bridgehead atoms. The highest BCUT2D eigenvalue weighted by Crippen LogP contribution is 2.27. The molecule has 3 atom stereocenters. The second kappa shape index (κ2) is 11.6. The molecule has 3 aromatic rings. The quantitative estimate of drug-likeness (QED) is 0.355. The monoisotopic (exact) mass is 513 g/mol. The molecule has 36 heavy (non-hydrogen) atoms. The number of amides is 2. The number of rotatable bonds is 9. The Hall–Kier alpha value is -3.29. The van der Waals surface area contributed by atoms with Gasteiger partial charge in [-0.05, 0) is 48.2 Å². The maximum Gasteiger partial charge on any atom is 0.262 e. The second-order valence-electron chi connectivity index (χ2n) is 9.32. The minimum absolute atomic E-state index is 0.201. The molecular formula is C28H30ClF2N3O2. The summed E-state index contributed by atoms with van der Waals surface area (Å²) in [6, 6.07) is 20.4. The number of alkyl halides is 2. The number of nitrogens with one attached hydrogen (secondary N) is 2. The van der Waals surface area contributed by atoms with Gasteiger partial charge in [-0.1, -0.05) is 85.3 Å². The fraction of sp³-hybridized carbons (Fsp3) is 0.286. The highest BCUT2D eigenvalue weighted by molar-refractivity contribution is 6.30. The lowest BCUT2D eigenvalue weighted by Gasteiger charge is -2.30. The predicted molar refractivity (Wildman–Crippen MR) is 139 cm³/mol. The van der Waals surface area contributed by atoms with Crippen LogP contribution in [0.3, 0.4) is 0 Å². The van der Waals surface area contributed by atoms with E-state index in [1.54, 1.807) is 6.92 Å². The van der Waals surface area contributed by atoms with Crippen molar-refractivity contribution in [1.29, 1.82) is 0 Å². The molecule has 1 unspecified atom stereocenters. The van der Waals surface area contributed by atoms with E-state index in [0.717, 1.165) is 16.7 Å². The molecule has 3 rings (SSSR count). The van der Waals surface area contributed by atoms with Crippen LogP contribution >= 0.6 is 11.6 Å². The van der Waals surface area contributed by atoms with Gasteiger partial charge < -0.3 is 16.4 Å². The van der Waals surface area contributed by atoms with Gasteiger partial charge in [0.2, 0.25) is 11.8 Å². The fourth-order valence-corrected chi connectivity index (χ4v) is 3.88. The smallest absolute Gasteiger partial charge is 0.262 e. The molecule has 0 aliphatic rings. The van der Waals surface area contributed by atoms with Crippen LogP contribution in [0.4, 0.5) is 8.78 Å². The molecule has 0 fully saturated rings. The summed E-state index contributed by atoms with van der Waals surface area (Å²) in [6.45, 7) is 4.77. The first-order valence-corrected chi connectivity index (χ1v) is 11.9. The van der Waals surface area contributed by atoms with Crippen LogP contribution in [-0.4, -0.2) is 29.8 Å². The molecule has 4 N–H and O–H groups in total. The van der Waals surface area contributed by atoms with Crippen molar-refractivity contribution < 1.29 is 18.4 Å². The Labute approximate surface area is 215 Å². The van der Waals surface area contributed by atoms with Crippen LogP contribution in [0.25, 0.3) is 11.1 Å². The van der Waals surface area contributed by atoms with E-state index in [4.69, 9.17) is 17.3 Å². The third kappa shape index (κ3) is 6.89. The molecule has 0 saturated carbocycles. The first-order valence-electron chi connectivity index (χ1n) is 11.6. The number of halogens is 3. The number of nitrogens with two attached hydrogens (primary N) is 1. The largest absolute Gasteiger partial charge is 0.342 e. The normalized spacial score (nSPS) is 14.1. The molecular weight excluding hydrogens is 484 g/mol. The fourth-order valence-electron chi connectivity index (χ4n) is 3.75. The van der Waals surface area contributed by atoms with Crippen LogP contribution in [0, 0.1) is 0 Å². The molecule has 0 saturated heterocycles. The second-order valence-corrected chi connectivity index (χ2v) is 9.76. The molecule has 0 aromatic heterocycles. The summed E-state index contributed by atoms with van der Waals surface area (Å²) < 4.78 is 27.9. The lowest BCUT2D eigenvalue weighted by atomic mass is 9.90. The molecule has 0 radical (unpaired) electrons. The summed E-state index contributed by atoms with van der Waals surface area (Å²) in [5.74, 6) is -1.85. The van der Waals surface area contributed by atoms with Gasteiger partial charge in [0, 0.05) is 10.9 Å². The molecule has 190 valence electrons. The van der Waals surface area contributed by atoms with E-state index in [1.165, 1.54) is 38.1 Å². The van der Waals surface area contributed by atoms with Crippen LogP contribution in [0.1, 0.15) is 43.9 Å². The van der Waals surface area contributed by atoms with E-state index in [1.807, 2.05) is 54.6 Å². The number of carbonyl (C=O) groups is 2. The van der Waals surface area contributed by atoms with E-state index in [-0.39, 0.29) is 5.56 Å². The van der Waals surface area contributed by atoms with Gasteiger partial charge in [0.1, 0.15) is 12.1 Å². The summed E-state index contributed by atoms with van der Waals surface area (Å²) >= 11 is 5.88. The zero-order chi connectivity index (χ0) is 26.5. The van der Waals surface area contributed by atoms with Crippen molar-refractivity contribution in [3.8, 4) is 11.1 Å². The Balaban J connectivity index is 1.88. The van der Waals surface area contributed by atoms with Gasteiger partial charge in [0.15, 0.2) is 0 Å². The van der Waals surface area contributed by atoms with Gasteiger partial charge in [-0.15, -0.1) is 0 Å². The third-order valence-electron chi connectivity index (χ3n) is 5.98. The highest BCUT2D eigenvalue weighted by Gasteiger charge is 2.35. The minimum atomic E-state index is -2.88. The zero-order valence-electron chi connectivity index (χ0n) is 20.3. The van der Waals surface area contributed by atoms with Crippen LogP contribution < -0.4 is 16.4 Å². The van der Waals surface area contributed by atoms with Crippen molar-refractivity contribution in [2.75, 3.05) is 0 Å². The summed E-state index contributed by atoms with van der Waals surface area (Å²) in [5.41, 5.74) is 7.63. The third-order valence-corrected chi connectivity index (χ3v) is 6.23. The van der Waals surface area contributed by atoms with Crippen molar-refractivity contribution >= 4 is 23.4 Å². The highest BCUT2D eigenvalue weighted by atomic mass is 35.5. The van der Waals surface area contributed by atoms with Crippen molar-refractivity contribution in [3.05, 3.63) is 95.0 Å². The molecule has 3 aromatic carbocycles. The zero-order valence-corrected chi connectivity index (χ0v) is 21.1. The number of hydrogen-bond donors (Lipinski definition) is 3. The van der Waals surface area contributed by atoms with Crippen molar-refractivity contribution in [2.24, 2.45) is 5.73 Å². The summed E-state index contributed by atoms with van der Waals surface area (Å²) in [7, 11) is 0. The van der Waals surface area contributed by atoms with E-state index < -0.39 is 41.8 Å². The number of hydrogen-bond acceptors (Lipinski definition) is 3. The lowest BCUT2D eigenvalue weighted by molar-refractivity contribution is -0.132. The molecule has 0 aliphatic carbocycles. The standard InChI is InChI=1S/C28H30ClF2N3O2/c1-17(18-9-11-20(12-10-18)19-7-5-4-6-8-19)23(34-27(36)28(2,3)32)26(35)33-24(25(30)31)21-13-15-22(29)16-14-21/h4-17,23-25H,32H2,1-3H3,(H,33,35)(H,34,36)/t17-,23-,24?/m0/s1. The minimum Gasteiger partial charge on any atom is -0.342 e. The topological polar surface area (TPSA) is 84.2 Å².